The number of benzene rings is 2. The molecule has 1 N–H and O–H groups in total. The average molecular weight is 313 g/mol. The Bertz CT molecular complexity index is 662. The van der Waals surface area contributed by atoms with Gasteiger partial charge in [0.05, 0.1) is 12.3 Å². The highest BCUT2D eigenvalue weighted by Gasteiger charge is 2.16. The van der Waals surface area contributed by atoms with Crippen LogP contribution in [-0.4, -0.2) is 18.6 Å². The van der Waals surface area contributed by atoms with Gasteiger partial charge in [-0.15, -0.1) is 0 Å². The zero-order valence-electron chi connectivity index (χ0n) is 14.1. The van der Waals surface area contributed by atoms with Crippen LogP contribution in [0.4, 0.5) is 5.69 Å². The van der Waals surface area contributed by atoms with Gasteiger partial charge in [0.15, 0.2) is 6.10 Å². The molecule has 0 aromatic heterocycles. The smallest absolute Gasteiger partial charge is 0.265 e. The Labute approximate surface area is 137 Å². The fourth-order valence-electron chi connectivity index (χ4n) is 2.34. The van der Waals surface area contributed by atoms with Crippen molar-refractivity contribution in [2.24, 2.45) is 0 Å². The standard InChI is InChI=1S/C19H23NO3/c1-5-22-18-9-7-6-8-17(18)20-19(21)15(4)23-16-11-13(2)10-14(3)12-16/h6-12,15H,5H2,1-4H3,(H,20,21)/t15-/m0/s1. The van der Waals surface area contributed by atoms with Gasteiger partial charge in [0.25, 0.3) is 5.91 Å². The van der Waals surface area contributed by atoms with E-state index >= 15 is 0 Å². The Morgan fingerprint density at radius 1 is 1.13 bits per heavy atom. The second-order valence-corrected chi connectivity index (χ2v) is 5.50. The molecular formula is C19H23NO3. The molecule has 0 saturated heterocycles. The van der Waals surface area contributed by atoms with Crippen molar-refractivity contribution in [3.63, 3.8) is 0 Å². The number of ether oxygens (including phenoxy) is 2. The van der Waals surface area contributed by atoms with E-state index in [4.69, 9.17) is 9.47 Å². The number of carbonyl (C=O) groups excluding carboxylic acids is 1. The minimum absolute atomic E-state index is 0.212. The fraction of sp³-hybridized carbons (Fsp3) is 0.316. The molecule has 0 aliphatic heterocycles. The van der Waals surface area contributed by atoms with Crippen LogP contribution in [-0.2, 0) is 4.79 Å². The minimum Gasteiger partial charge on any atom is -0.492 e. The average Bonchev–Trinajstić information content (AvgIpc) is 2.48. The number of aryl methyl sites for hydroxylation is 2. The Morgan fingerprint density at radius 2 is 1.78 bits per heavy atom. The molecule has 2 rings (SSSR count). The number of rotatable bonds is 6. The monoisotopic (exact) mass is 313 g/mol. The van der Waals surface area contributed by atoms with Gasteiger partial charge in [-0.3, -0.25) is 4.79 Å². The van der Waals surface area contributed by atoms with Crippen molar-refractivity contribution in [1.82, 2.24) is 0 Å². The Kier molecular flexibility index (Phi) is 5.63. The predicted molar refractivity (Wildman–Crippen MR) is 92.2 cm³/mol. The van der Waals surface area contributed by atoms with Gasteiger partial charge >= 0.3 is 0 Å². The van der Waals surface area contributed by atoms with Crippen LogP contribution in [0.3, 0.4) is 0 Å². The number of para-hydroxylation sites is 2. The van der Waals surface area contributed by atoms with Crippen molar-refractivity contribution in [1.29, 1.82) is 0 Å². The molecule has 122 valence electrons. The Balaban J connectivity index is 2.05. The number of nitrogens with one attached hydrogen (secondary N) is 1. The topological polar surface area (TPSA) is 47.6 Å². The quantitative estimate of drug-likeness (QED) is 0.873. The first-order valence-electron chi connectivity index (χ1n) is 7.77. The normalized spacial score (nSPS) is 11.7. The zero-order chi connectivity index (χ0) is 16.8. The molecule has 4 heteroatoms. The van der Waals surface area contributed by atoms with Crippen molar-refractivity contribution in [3.8, 4) is 11.5 Å². The number of anilines is 1. The van der Waals surface area contributed by atoms with Gasteiger partial charge in [-0.1, -0.05) is 18.2 Å². The van der Waals surface area contributed by atoms with Crippen LogP contribution in [0.25, 0.3) is 0 Å². The molecule has 2 aromatic carbocycles. The van der Waals surface area contributed by atoms with Gasteiger partial charge in [-0.05, 0) is 63.1 Å². The fourth-order valence-corrected chi connectivity index (χ4v) is 2.34. The largest absolute Gasteiger partial charge is 0.492 e. The summed E-state index contributed by atoms with van der Waals surface area (Å²) in [7, 11) is 0. The molecule has 4 nitrogen and oxygen atoms in total. The molecule has 2 aromatic rings. The summed E-state index contributed by atoms with van der Waals surface area (Å²) < 4.78 is 11.3. The van der Waals surface area contributed by atoms with E-state index in [1.807, 2.05) is 57.2 Å². The van der Waals surface area contributed by atoms with Crippen LogP contribution >= 0.6 is 0 Å². The molecule has 0 unspecified atom stereocenters. The maximum absolute atomic E-state index is 12.4. The lowest BCUT2D eigenvalue weighted by atomic mass is 10.1. The van der Waals surface area contributed by atoms with E-state index in [2.05, 4.69) is 11.4 Å². The summed E-state index contributed by atoms with van der Waals surface area (Å²) in [5, 5.41) is 2.86. The van der Waals surface area contributed by atoms with Crippen molar-refractivity contribution in [2.75, 3.05) is 11.9 Å². The van der Waals surface area contributed by atoms with Crippen molar-refractivity contribution in [3.05, 3.63) is 53.6 Å². The molecule has 1 atom stereocenters. The molecule has 0 saturated carbocycles. The summed E-state index contributed by atoms with van der Waals surface area (Å²) in [6.07, 6.45) is -0.606. The second kappa shape index (κ2) is 7.68. The summed E-state index contributed by atoms with van der Waals surface area (Å²) in [4.78, 5) is 12.4. The van der Waals surface area contributed by atoms with Crippen LogP contribution in [0.15, 0.2) is 42.5 Å². The number of hydrogen-bond acceptors (Lipinski definition) is 3. The van der Waals surface area contributed by atoms with Gasteiger partial charge in [0, 0.05) is 0 Å². The van der Waals surface area contributed by atoms with E-state index in [-0.39, 0.29) is 5.91 Å². The molecule has 0 fully saturated rings. The molecule has 23 heavy (non-hydrogen) atoms. The molecule has 0 heterocycles. The summed E-state index contributed by atoms with van der Waals surface area (Å²) in [5.41, 5.74) is 2.86. The summed E-state index contributed by atoms with van der Waals surface area (Å²) >= 11 is 0. The lowest BCUT2D eigenvalue weighted by Crippen LogP contribution is -2.30. The third-order valence-corrected chi connectivity index (χ3v) is 3.32. The van der Waals surface area contributed by atoms with Crippen LogP contribution in [0.2, 0.25) is 0 Å². The van der Waals surface area contributed by atoms with Gasteiger partial charge in [0.1, 0.15) is 11.5 Å². The zero-order valence-corrected chi connectivity index (χ0v) is 14.1. The summed E-state index contributed by atoms with van der Waals surface area (Å²) in [5.74, 6) is 1.14. The van der Waals surface area contributed by atoms with Gasteiger partial charge in [-0.2, -0.15) is 0 Å². The highest BCUT2D eigenvalue weighted by Crippen LogP contribution is 2.24. The molecule has 0 aliphatic carbocycles. The molecular weight excluding hydrogens is 290 g/mol. The highest BCUT2D eigenvalue weighted by molar-refractivity contribution is 5.95. The molecule has 0 aliphatic rings. The van der Waals surface area contributed by atoms with Crippen LogP contribution in [0.5, 0.6) is 11.5 Å². The second-order valence-electron chi connectivity index (χ2n) is 5.50. The number of carbonyl (C=O) groups is 1. The van der Waals surface area contributed by atoms with E-state index in [0.29, 0.717) is 23.8 Å². The molecule has 0 radical (unpaired) electrons. The number of hydrogen-bond donors (Lipinski definition) is 1. The molecule has 1 amide bonds. The van der Waals surface area contributed by atoms with Crippen molar-refractivity contribution < 1.29 is 14.3 Å². The lowest BCUT2D eigenvalue weighted by Gasteiger charge is -2.17. The number of amides is 1. The van der Waals surface area contributed by atoms with E-state index in [9.17, 15) is 4.79 Å². The Morgan fingerprint density at radius 3 is 2.43 bits per heavy atom. The summed E-state index contributed by atoms with van der Waals surface area (Å²) in [6, 6.07) is 13.3. The third kappa shape index (κ3) is 4.74. The van der Waals surface area contributed by atoms with Gasteiger partial charge in [-0.25, -0.2) is 0 Å². The molecule has 0 spiro atoms. The van der Waals surface area contributed by atoms with Gasteiger partial charge in [0.2, 0.25) is 0 Å². The minimum atomic E-state index is -0.606. The van der Waals surface area contributed by atoms with Gasteiger partial charge < -0.3 is 14.8 Å². The lowest BCUT2D eigenvalue weighted by molar-refractivity contribution is -0.122. The Hall–Kier alpha value is -2.49. The van der Waals surface area contributed by atoms with E-state index in [1.54, 1.807) is 6.92 Å². The van der Waals surface area contributed by atoms with E-state index in [0.717, 1.165) is 11.1 Å². The summed E-state index contributed by atoms with van der Waals surface area (Å²) in [6.45, 7) is 8.19. The predicted octanol–water partition coefficient (Wildman–Crippen LogP) is 4.11. The van der Waals surface area contributed by atoms with E-state index < -0.39 is 6.10 Å². The maximum Gasteiger partial charge on any atom is 0.265 e. The van der Waals surface area contributed by atoms with Crippen LogP contribution in [0, 0.1) is 13.8 Å². The van der Waals surface area contributed by atoms with E-state index in [1.165, 1.54) is 0 Å². The first-order chi connectivity index (χ1) is 11.0. The molecule has 0 bridgehead atoms. The maximum atomic E-state index is 12.4. The third-order valence-electron chi connectivity index (χ3n) is 3.32. The van der Waals surface area contributed by atoms with Crippen LogP contribution < -0.4 is 14.8 Å². The van der Waals surface area contributed by atoms with Crippen molar-refractivity contribution >= 4 is 11.6 Å². The van der Waals surface area contributed by atoms with Crippen LogP contribution in [0.1, 0.15) is 25.0 Å². The highest BCUT2D eigenvalue weighted by atomic mass is 16.5. The first-order valence-corrected chi connectivity index (χ1v) is 7.77. The van der Waals surface area contributed by atoms with Crippen molar-refractivity contribution in [2.45, 2.75) is 33.8 Å². The first kappa shape index (κ1) is 16.9. The SMILES string of the molecule is CCOc1ccccc1NC(=O)[C@H](C)Oc1cc(C)cc(C)c1.